The first-order chi connectivity index (χ1) is 15.3. The van der Waals surface area contributed by atoms with E-state index in [1.165, 1.54) is 17.9 Å². The number of hydrogen-bond acceptors (Lipinski definition) is 6. The van der Waals surface area contributed by atoms with Crippen molar-refractivity contribution in [3.05, 3.63) is 53.6 Å². The molecule has 1 aliphatic rings. The zero-order valence-corrected chi connectivity index (χ0v) is 18.3. The summed E-state index contributed by atoms with van der Waals surface area (Å²) in [5.41, 5.74) is 1.51. The van der Waals surface area contributed by atoms with Gasteiger partial charge in [-0.25, -0.2) is 4.79 Å². The molecular formula is C24H26N2O6. The predicted molar refractivity (Wildman–Crippen MR) is 119 cm³/mol. The number of carbonyl (C=O) groups excluding carboxylic acids is 4. The van der Waals surface area contributed by atoms with Crippen molar-refractivity contribution >= 4 is 34.9 Å². The van der Waals surface area contributed by atoms with Gasteiger partial charge in [-0.15, -0.1) is 0 Å². The van der Waals surface area contributed by atoms with Gasteiger partial charge >= 0.3 is 5.97 Å². The number of benzene rings is 2. The van der Waals surface area contributed by atoms with Crippen molar-refractivity contribution in [2.45, 2.75) is 39.7 Å². The lowest BCUT2D eigenvalue weighted by Crippen LogP contribution is -2.49. The second-order valence-corrected chi connectivity index (χ2v) is 7.53. The fourth-order valence-corrected chi connectivity index (χ4v) is 3.30. The maximum atomic E-state index is 12.9. The monoisotopic (exact) mass is 438 g/mol. The highest BCUT2D eigenvalue weighted by molar-refractivity contribution is 6.08. The Morgan fingerprint density at radius 3 is 2.66 bits per heavy atom. The number of nitrogens with zero attached hydrogens (tertiary/aromatic N) is 1. The third kappa shape index (κ3) is 5.14. The number of amides is 2. The zero-order chi connectivity index (χ0) is 23.3. The van der Waals surface area contributed by atoms with Crippen molar-refractivity contribution < 1.29 is 28.7 Å². The molecule has 2 amide bonds. The van der Waals surface area contributed by atoms with Gasteiger partial charge in [-0.1, -0.05) is 19.4 Å². The minimum atomic E-state index is -0.882. The van der Waals surface area contributed by atoms with Gasteiger partial charge in [-0.05, 0) is 56.7 Å². The first-order valence-electron chi connectivity index (χ1n) is 10.5. The summed E-state index contributed by atoms with van der Waals surface area (Å²) in [5, 5.41) is 2.74. The Balaban J connectivity index is 1.77. The number of ether oxygens (including phenoxy) is 2. The summed E-state index contributed by atoms with van der Waals surface area (Å²) >= 11 is 0. The van der Waals surface area contributed by atoms with E-state index in [9.17, 15) is 19.2 Å². The molecule has 0 saturated carbocycles. The van der Waals surface area contributed by atoms with Gasteiger partial charge < -0.3 is 14.8 Å². The molecule has 168 valence electrons. The Morgan fingerprint density at radius 1 is 1.16 bits per heavy atom. The molecule has 8 nitrogen and oxygen atoms in total. The van der Waals surface area contributed by atoms with Gasteiger partial charge in [0.2, 0.25) is 5.91 Å². The van der Waals surface area contributed by atoms with Crippen molar-refractivity contribution in [2.24, 2.45) is 0 Å². The average Bonchev–Trinajstić information content (AvgIpc) is 2.78. The van der Waals surface area contributed by atoms with Crippen molar-refractivity contribution in [3.8, 4) is 5.75 Å². The Morgan fingerprint density at radius 2 is 1.94 bits per heavy atom. The van der Waals surface area contributed by atoms with Gasteiger partial charge in [0, 0.05) is 11.3 Å². The lowest BCUT2D eigenvalue weighted by molar-refractivity contribution is -0.125. The fourth-order valence-electron chi connectivity index (χ4n) is 3.30. The number of unbranched alkanes of at least 4 members (excludes halogenated alkanes) is 1. The van der Waals surface area contributed by atoms with Crippen LogP contribution in [0.25, 0.3) is 0 Å². The molecule has 0 aromatic heterocycles. The summed E-state index contributed by atoms with van der Waals surface area (Å²) in [6.45, 7) is 5.15. The van der Waals surface area contributed by atoms with E-state index in [1.54, 1.807) is 43.3 Å². The third-order valence-electron chi connectivity index (χ3n) is 5.11. The van der Waals surface area contributed by atoms with E-state index in [0.29, 0.717) is 34.9 Å². The molecule has 0 aliphatic carbocycles. The molecule has 0 spiro atoms. The van der Waals surface area contributed by atoms with E-state index in [4.69, 9.17) is 9.47 Å². The van der Waals surface area contributed by atoms with Gasteiger partial charge in [0.15, 0.2) is 12.4 Å². The molecule has 1 heterocycles. The van der Waals surface area contributed by atoms with E-state index in [-0.39, 0.29) is 12.4 Å². The molecular weight excluding hydrogens is 412 g/mol. The Bertz CT molecular complexity index is 1050. The summed E-state index contributed by atoms with van der Waals surface area (Å²) in [4.78, 5) is 50.8. The van der Waals surface area contributed by atoms with Gasteiger partial charge in [-0.2, -0.15) is 0 Å². The Labute approximate surface area is 186 Å². The SMILES string of the molecule is CCCCOC(=O)c1cccc(NC(=O)C(C)N2C(=O)COc3ccc(C(C)=O)cc32)c1. The summed E-state index contributed by atoms with van der Waals surface area (Å²) < 4.78 is 10.7. The lowest BCUT2D eigenvalue weighted by atomic mass is 10.1. The Hall–Kier alpha value is -3.68. The molecule has 0 saturated heterocycles. The summed E-state index contributed by atoms with van der Waals surface area (Å²) in [6.07, 6.45) is 1.69. The number of Topliss-reactive ketones (excluding diaryl/α,β-unsaturated/α-hetero) is 1. The highest BCUT2D eigenvalue weighted by atomic mass is 16.5. The predicted octanol–water partition coefficient (Wildman–Crippen LogP) is 3.60. The van der Waals surface area contributed by atoms with Crippen LogP contribution >= 0.6 is 0 Å². The molecule has 32 heavy (non-hydrogen) atoms. The molecule has 0 bridgehead atoms. The summed E-state index contributed by atoms with van der Waals surface area (Å²) in [7, 11) is 0. The molecule has 0 fully saturated rings. The largest absolute Gasteiger partial charge is 0.482 e. The van der Waals surface area contributed by atoms with E-state index < -0.39 is 23.8 Å². The third-order valence-corrected chi connectivity index (χ3v) is 5.11. The molecule has 8 heteroatoms. The standard InChI is InChI=1S/C24H26N2O6/c1-4-5-11-31-24(30)18-7-6-8-19(12-18)25-23(29)15(2)26-20-13-17(16(3)27)9-10-21(20)32-14-22(26)28/h6-10,12-13,15H,4-5,11,14H2,1-3H3,(H,25,29). The molecule has 2 aromatic carbocycles. The van der Waals surface area contributed by atoms with Crippen molar-refractivity contribution in [2.75, 3.05) is 23.4 Å². The molecule has 2 aromatic rings. The molecule has 1 N–H and O–H groups in total. The average molecular weight is 438 g/mol. The van der Waals surface area contributed by atoms with Crippen LogP contribution in [-0.2, 0) is 14.3 Å². The van der Waals surface area contributed by atoms with E-state index in [2.05, 4.69) is 5.32 Å². The molecule has 1 aliphatic heterocycles. The van der Waals surface area contributed by atoms with Crippen molar-refractivity contribution in [1.82, 2.24) is 0 Å². The van der Waals surface area contributed by atoms with Crippen molar-refractivity contribution in [1.29, 1.82) is 0 Å². The summed E-state index contributed by atoms with van der Waals surface area (Å²) in [5.74, 6) is -1.04. The van der Waals surface area contributed by atoms with Crippen LogP contribution in [0, 0.1) is 0 Å². The van der Waals surface area contributed by atoms with E-state index in [1.807, 2.05) is 6.92 Å². The van der Waals surface area contributed by atoms with Gasteiger partial charge in [0.05, 0.1) is 17.9 Å². The van der Waals surface area contributed by atoms with Crippen LogP contribution in [0.1, 0.15) is 54.3 Å². The van der Waals surface area contributed by atoms with Crippen LogP contribution in [0.4, 0.5) is 11.4 Å². The van der Waals surface area contributed by atoms with Crippen LogP contribution < -0.4 is 15.0 Å². The highest BCUT2D eigenvalue weighted by Gasteiger charge is 2.33. The van der Waals surface area contributed by atoms with Gasteiger partial charge in [-0.3, -0.25) is 19.3 Å². The molecule has 1 atom stereocenters. The van der Waals surface area contributed by atoms with Crippen LogP contribution in [0.5, 0.6) is 5.75 Å². The number of fused-ring (bicyclic) bond motifs is 1. The fraction of sp³-hybridized carbons (Fsp3) is 0.333. The summed E-state index contributed by atoms with van der Waals surface area (Å²) in [6, 6.07) is 10.3. The molecule has 3 rings (SSSR count). The van der Waals surface area contributed by atoms with Crippen LogP contribution in [-0.4, -0.2) is 42.8 Å². The number of hydrogen-bond donors (Lipinski definition) is 1. The van der Waals surface area contributed by atoms with Crippen molar-refractivity contribution in [3.63, 3.8) is 0 Å². The number of rotatable bonds is 8. The first-order valence-corrected chi connectivity index (χ1v) is 10.5. The minimum Gasteiger partial charge on any atom is -0.482 e. The number of esters is 1. The van der Waals surface area contributed by atoms with Gasteiger partial charge in [0.25, 0.3) is 5.91 Å². The maximum Gasteiger partial charge on any atom is 0.338 e. The van der Waals surface area contributed by atoms with Crippen LogP contribution in [0.15, 0.2) is 42.5 Å². The first kappa shape index (κ1) is 23.0. The number of anilines is 2. The highest BCUT2D eigenvalue weighted by Crippen LogP contribution is 2.34. The Kier molecular flexibility index (Phi) is 7.25. The van der Waals surface area contributed by atoms with Crippen LogP contribution in [0.3, 0.4) is 0 Å². The van der Waals surface area contributed by atoms with Gasteiger partial charge in [0.1, 0.15) is 11.8 Å². The minimum absolute atomic E-state index is 0.162. The topological polar surface area (TPSA) is 102 Å². The number of nitrogens with one attached hydrogen (secondary N) is 1. The normalized spacial score (nSPS) is 13.6. The number of carbonyl (C=O) groups is 4. The zero-order valence-electron chi connectivity index (χ0n) is 18.3. The lowest BCUT2D eigenvalue weighted by Gasteiger charge is -2.33. The number of ketones is 1. The molecule has 1 unspecified atom stereocenters. The van der Waals surface area contributed by atoms with E-state index >= 15 is 0 Å². The second kappa shape index (κ2) is 10.1. The smallest absolute Gasteiger partial charge is 0.338 e. The quantitative estimate of drug-likeness (QED) is 0.384. The van der Waals surface area contributed by atoms with E-state index in [0.717, 1.165) is 12.8 Å². The van der Waals surface area contributed by atoms with Crippen LogP contribution in [0.2, 0.25) is 0 Å². The second-order valence-electron chi connectivity index (χ2n) is 7.53. The molecule has 0 radical (unpaired) electrons. The maximum absolute atomic E-state index is 12.9.